The van der Waals surface area contributed by atoms with Gasteiger partial charge in [-0.1, -0.05) is 79.7 Å². The van der Waals surface area contributed by atoms with E-state index in [1.54, 1.807) is 37.3 Å². The predicted octanol–water partition coefficient (Wildman–Crippen LogP) is 1.81. The summed E-state index contributed by atoms with van der Waals surface area (Å²) >= 11 is 0. The molecule has 3 heterocycles. The highest BCUT2D eigenvalue weighted by molar-refractivity contribution is 6.38. The number of β-lactam (4-membered cyclic amide) rings is 1. The number of amides is 6. The Morgan fingerprint density at radius 1 is 0.909 bits per heavy atom. The van der Waals surface area contributed by atoms with E-state index in [0.717, 1.165) is 21.2 Å². The lowest BCUT2D eigenvalue weighted by molar-refractivity contribution is -0.154. The Hall–Kier alpha value is -5.06. The maximum atomic E-state index is 13.7. The van der Waals surface area contributed by atoms with Crippen molar-refractivity contribution in [1.29, 1.82) is 0 Å². The summed E-state index contributed by atoms with van der Waals surface area (Å²) < 4.78 is 0. The number of hydrogen-bond donors (Lipinski definition) is 2. The van der Waals surface area contributed by atoms with Crippen LogP contribution in [0.15, 0.2) is 72.8 Å². The van der Waals surface area contributed by atoms with Crippen LogP contribution in [-0.4, -0.2) is 88.4 Å². The molecule has 3 aliphatic rings. The van der Waals surface area contributed by atoms with Gasteiger partial charge in [0.2, 0.25) is 11.8 Å². The number of carbonyl (C=O) groups is 6. The largest absolute Gasteiger partial charge is 0.340 e. The summed E-state index contributed by atoms with van der Waals surface area (Å²) in [6.07, 6.45) is 0.443. The fraction of sp³-hybridized carbons (Fsp3) is 0.333. The summed E-state index contributed by atoms with van der Waals surface area (Å²) in [5.41, 5.74) is 0.560. The van der Waals surface area contributed by atoms with E-state index in [9.17, 15) is 28.8 Å². The van der Waals surface area contributed by atoms with Gasteiger partial charge in [-0.15, -0.1) is 0 Å². The second kappa shape index (κ2) is 11.2. The summed E-state index contributed by atoms with van der Waals surface area (Å²) in [5.74, 6) is -2.97. The van der Waals surface area contributed by atoms with E-state index >= 15 is 0 Å². The molecule has 44 heavy (non-hydrogen) atoms. The third kappa shape index (κ3) is 4.97. The first-order valence-corrected chi connectivity index (χ1v) is 14.7. The molecule has 0 aromatic heterocycles. The van der Waals surface area contributed by atoms with Crippen molar-refractivity contribution in [3.63, 3.8) is 0 Å². The van der Waals surface area contributed by atoms with Gasteiger partial charge in [0.15, 0.2) is 5.78 Å². The van der Waals surface area contributed by atoms with E-state index in [-0.39, 0.29) is 31.3 Å². The zero-order valence-corrected chi connectivity index (χ0v) is 24.5. The van der Waals surface area contributed by atoms with Crippen molar-refractivity contribution in [3.05, 3.63) is 83.9 Å². The van der Waals surface area contributed by atoms with Crippen LogP contribution in [0.5, 0.6) is 0 Å². The Bertz CT molecular complexity index is 1690. The van der Waals surface area contributed by atoms with Crippen LogP contribution in [0.1, 0.15) is 31.0 Å². The van der Waals surface area contributed by atoms with Gasteiger partial charge in [-0.05, 0) is 35.2 Å². The van der Waals surface area contributed by atoms with Gasteiger partial charge in [-0.2, -0.15) is 0 Å². The molecular formula is C33H33N5O6. The summed E-state index contributed by atoms with van der Waals surface area (Å²) in [4.78, 5) is 82.3. The molecule has 3 unspecified atom stereocenters. The smallest absolute Gasteiger partial charge is 0.325 e. The summed E-state index contributed by atoms with van der Waals surface area (Å²) in [6.45, 7) is 4.33. The van der Waals surface area contributed by atoms with Crippen LogP contribution < -0.4 is 10.6 Å². The lowest BCUT2D eigenvalue weighted by Crippen LogP contribution is -2.70. The number of imide groups is 1. The van der Waals surface area contributed by atoms with Crippen LogP contribution in [0.4, 0.5) is 4.79 Å². The number of Topliss-reactive ketones (excluding diaryl/α,β-unsaturated/α-hetero) is 1. The summed E-state index contributed by atoms with van der Waals surface area (Å²) in [6, 6.07) is 18.3. The molecule has 2 N–H and O–H groups in total. The van der Waals surface area contributed by atoms with Crippen molar-refractivity contribution in [2.24, 2.45) is 5.41 Å². The van der Waals surface area contributed by atoms with Gasteiger partial charge in [-0.25, -0.2) is 4.79 Å². The highest BCUT2D eigenvalue weighted by Gasteiger charge is 2.63. The Labute approximate surface area is 254 Å². The molecule has 3 aliphatic heterocycles. The van der Waals surface area contributed by atoms with Crippen molar-refractivity contribution in [3.8, 4) is 0 Å². The third-order valence-electron chi connectivity index (χ3n) is 8.89. The first-order chi connectivity index (χ1) is 21.1. The van der Waals surface area contributed by atoms with E-state index in [2.05, 4.69) is 16.7 Å². The molecule has 11 heteroatoms. The zero-order chi connectivity index (χ0) is 31.2. The normalized spacial score (nSPS) is 23.8. The molecular weight excluding hydrogens is 562 g/mol. The van der Waals surface area contributed by atoms with Crippen LogP contribution in [-0.2, 0) is 30.4 Å². The van der Waals surface area contributed by atoms with Crippen molar-refractivity contribution in [2.75, 3.05) is 26.2 Å². The molecule has 4 atom stereocenters. The van der Waals surface area contributed by atoms with Gasteiger partial charge in [0.25, 0.3) is 0 Å². The number of likely N-dealkylation sites (N-methyl/N-ethyl adjacent to an activating group) is 1. The Morgan fingerprint density at radius 3 is 2.34 bits per heavy atom. The first-order valence-electron chi connectivity index (χ1n) is 14.7. The zero-order valence-electron chi connectivity index (χ0n) is 24.5. The number of benzene rings is 3. The molecule has 3 aromatic carbocycles. The Kier molecular flexibility index (Phi) is 7.40. The van der Waals surface area contributed by atoms with Gasteiger partial charge >= 0.3 is 17.8 Å². The van der Waals surface area contributed by atoms with Gasteiger partial charge in [0.05, 0.1) is 5.41 Å². The molecule has 3 fully saturated rings. The third-order valence-corrected chi connectivity index (χ3v) is 8.89. The number of hydrogen-bond acceptors (Lipinski definition) is 6. The van der Waals surface area contributed by atoms with Crippen LogP contribution in [0, 0.1) is 5.41 Å². The second-order valence-electron chi connectivity index (χ2n) is 11.8. The summed E-state index contributed by atoms with van der Waals surface area (Å²) in [5, 5.41) is 7.42. The quantitative estimate of drug-likeness (QED) is 0.316. The molecule has 6 amide bonds. The van der Waals surface area contributed by atoms with Gasteiger partial charge in [0.1, 0.15) is 18.1 Å². The molecule has 226 valence electrons. The number of nitrogens with one attached hydrogen (secondary N) is 2. The van der Waals surface area contributed by atoms with Crippen LogP contribution in [0.25, 0.3) is 10.8 Å². The SMILES string of the molecule is CCN1CCN(C(=O)NC(C(=O)NC2C(=O)N3CC(C)(Cc4ccc5ccccc5c4)C(=O)[C@H]23)c2ccccc2)C(=O)C1=O. The number of piperazine rings is 1. The van der Waals surface area contributed by atoms with Gasteiger partial charge in [-0.3, -0.25) is 28.9 Å². The molecule has 0 bridgehead atoms. The van der Waals surface area contributed by atoms with E-state index < -0.39 is 47.3 Å². The van der Waals surface area contributed by atoms with Crippen molar-refractivity contribution in [1.82, 2.24) is 25.3 Å². The maximum Gasteiger partial charge on any atom is 0.325 e. The molecule has 3 saturated heterocycles. The monoisotopic (exact) mass is 595 g/mol. The van der Waals surface area contributed by atoms with Crippen molar-refractivity contribution in [2.45, 2.75) is 38.4 Å². The molecule has 6 rings (SSSR count). The number of ketones is 1. The van der Waals surface area contributed by atoms with Gasteiger partial charge < -0.3 is 20.4 Å². The molecule has 11 nitrogen and oxygen atoms in total. The average molecular weight is 596 g/mol. The predicted molar refractivity (Wildman–Crippen MR) is 160 cm³/mol. The number of nitrogens with zero attached hydrogens (tertiary/aromatic N) is 3. The van der Waals surface area contributed by atoms with Crippen LogP contribution in [0.2, 0.25) is 0 Å². The first kappa shape index (κ1) is 29.0. The highest BCUT2D eigenvalue weighted by Crippen LogP contribution is 2.41. The average Bonchev–Trinajstić information content (AvgIpc) is 3.26. The second-order valence-corrected chi connectivity index (χ2v) is 11.8. The lowest BCUT2D eigenvalue weighted by Gasteiger charge is -2.42. The molecule has 0 aliphatic carbocycles. The Morgan fingerprint density at radius 2 is 1.61 bits per heavy atom. The van der Waals surface area contributed by atoms with Crippen LogP contribution in [0.3, 0.4) is 0 Å². The van der Waals surface area contributed by atoms with Crippen molar-refractivity contribution >= 4 is 46.2 Å². The fourth-order valence-corrected chi connectivity index (χ4v) is 6.47. The highest BCUT2D eigenvalue weighted by atomic mass is 16.2. The van der Waals surface area contributed by atoms with Crippen LogP contribution >= 0.6 is 0 Å². The lowest BCUT2D eigenvalue weighted by atomic mass is 9.79. The number of rotatable bonds is 7. The standard InChI is InChI=1S/C33H33N5O6/c1-3-36-15-16-37(31(43)30(36)42)32(44)35-24(22-10-5-4-6-11-22)28(40)34-25-26-27(39)33(2,19-38(26)29(25)41)18-20-13-14-21-9-7-8-12-23(21)17-20/h4-14,17,24-26H,3,15-16,18-19H2,1-2H3,(H,34,40)(H,35,44)/t24?,25?,26-,33?/m0/s1. The van der Waals surface area contributed by atoms with E-state index in [1.807, 2.05) is 43.3 Å². The maximum absolute atomic E-state index is 13.7. The molecule has 3 aromatic rings. The number of urea groups is 1. The number of carbonyl (C=O) groups excluding carboxylic acids is 6. The number of fused-ring (bicyclic) bond motifs is 2. The van der Waals surface area contributed by atoms with E-state index in [1.165, 1.54) is 9.80 Å². The van der Waals surface area contributed by atoms with Crippen molar-refractivity contribution < 1.29 is 28.8 Å². The summed E-state index contributed by atoms with van der Waals surface area (Å²) in [7, 11) is 0. The molecule has 0 saturated carbocycles. The van der Waals surface area contributed by atoms with E-state index in [0.29, 0.717) is 18.5 Å². The topological polar surface area (TPSA) is 136 Å². The Balaban J connectivity index is 1.17. The van der Waals surface area contributed by atoms with E-state index in [4.69, 9.17) is 0 Å². The molecule has 0 spiro atoms. The minimum absolute atomic E-state index is 0.0180. The minimum Gasteiger partial charge on any atom is -0.340 e. The fourth-order valence-electron chi connectivity index (χ4n) is 6.47. The molecule has 0 radical (unpaired) electrons. The van der Waals surface area contributed by atoms with Gasteiger partial charge in [0, 0.05) is 26.2 Å². The minimum atomic E-state index is -1.28.